The van der Waals surface area contributed by atoms with E-state index in [-0.39, 0.29) is 11.7 Å². The Bertz CT molecular complexity index is 209. The number of carboxylic acid groups (broad SMARTS) is 1. The summed E-state index contributed by atoms with van der Waals surface area (Å²) in [5.74, 6) is -1.13. The summed E-state index contributed by atoms with van der Waals surface area (Å²) in [7, 11) is 0. The van der Waals surface area contributed by atoms with E-state index >= 15 is 0 Å². The van der Waals surface area contributed by atoms with Crippen LogP contribution in [-0.4, -0.2) is 16.9 Å². The first-order chi connectivity index (χ1) is 4.99. The van der Waals surface area contributed by atoms with Crippen molar-refractivity contribution >= 4 is 11.8 Å². The van der Waals surface area contributed by atoms with E-state index in [1.807, 2.05) is 6.92 Å². The Morgan fingerprint density at radius 1 is 1.73 bits per heavy atom. The molecule has 3 heteroatoms. The number of carbonyl (C=O) groups excluding carboxylic acids is 1. The minimum Gasteiger partial charge on any atom is -0.480 e. The molecule has 0 aromatic carbocycles. The van der Waals surface area contributed by atoms with Gasteiger partial charge in [0.2, 0.25) is 0 Å². The van der Waals surface area contributed by atoms with Gasteiger partial charge in [0, 0.05) is 6.42 Å². The summed E-state index contributed by atoms with van der Waals surface area (Å²) >= 11 is 0. The van der Waals surface area contributed by atoms with E-state index in [1.54, 1.807) is 0 Å². The summed E-state index contributed by atoms with van der Waals surface area (Å²) in [6.45, 7) is 3.34. The van der Waals surface area contributed by atoms with Crippen LogP contribution in [0.25, 0.3) is 0 Å². The predicted molar refractivity (Wildman–Crippen MR) is 39.1 cm³/mol. The predicted octanol–water partition coefficient (Wildman–Crippen LogP) is 1.08. The number of hydrogen-bond acceptors (Lipinski definition) is 2. The van der Waals surface area contributed by atoms with Crippen molar-refractivity contribution < 1.29 is 14.7 Å². The highest BCUT2D eigenvalue weighted by atomic mass is 16.4. The first-order valence-corrected chi connectivity index (χ1v) is 3.76. The molecule has 3 nitrogen and oxygen atoms in total. The molecule has 1 rings (SSSR count). The minimum absolute atomic E-state index is 0.0208. The molecule has 1 fully saturated rings. The molecular weight excluding hydrogens is 144 g/mol. The Labute approximate surface area is 65.4 Å². The van der Waals surface area contributed by atoms with Crippen LogP contribution in [0.4, 0.5) is 0 Å². The lowest BCUT2D eigenvalue weighted by Gasteiger charge is -2.21. The number of Topliss-reactive ketones (excluding diaryl/α,β-unsaturated/α-hetero) is 1. The zero-order valence-corrected chi connectivity index (χ0v) is 6.76. The van der Waals surface area contributed by atoms with Crippen LogP contribution in [0.15, 0.2) is 0 Å². The van der Waals surface area contributed by atoms with Crippen molar-refractivity contribution in [1.29, 1.82) is 0 Å². The molecule has 1 saturated carbocycles. The van der Waals surface area contributed by atoms with Gasteiger partial charge in [-0.25, -0.2) is 0 Å². The third kappa shape index (κ3) is 0.951. The third-order valence-corrected chi connectivity index (χ3v) is 2.81. The maximum Gasteiger partial charge on any atom is 0.317 e. The van der Waals surface area contributed by atoms with Crippen LogP contribution in [0.1, 0.15) is 26.7 Å². The second kappa shape index (κ2) is 2.32. The van der Waals surface area contributed by atoms with Gasteiger partial charge in [-0.15, -0.1) is 0 Å². The molecule has 0 amide bonds. The van der Waals surface area contributed by atoms with Gasteiger partial charge in [0.25, 0.3) is 0 Å². The zero-order valence-electron chi connectivity index (χ0n) is 6.76. The highest BCUT2D eigenvalue weighted by molar-refractivity contribution is 6.04. The highest BCUT2D eigenvalue weighted by Gasteiger charge is 2.49. The van der Waals surface area contributed by atoms with E-state index in [2.05, 4.69) is 0 Å². The van der Waals surface area contributed by atoms with Gasteiger partial charge >= 0.3 is 5.97 Å². The molecule has 0 radical (unpaired) electrons. The van der Waals surface area contributed by atoms with Crippen molar-refractivity contribution in [2.75, 3.05) is 0 Å². The van der Waals surface area contributed by atoms with Crippen molar-refractivity contribution in [3.63, 3.8) is 0 Å². The van der Waals surface area contributed by atoms with Gasteiger partial charge in [-0.2, -0.15) is 0 Å². The molecule has 11 heavy (non-hydrogen) atoms. The van der Waals surface area contributed by atoms with Gasteiger partial charge in [-0.3, -0.25) is 9.59 Å². The van der Waals surface area contributed by atoms with E-state index in [4.69, 9.17) is 5.11 Å². The van der Waals surface area contributed by atoms with Crippen LogP contribution >= 0.6 is 0 Å². The minimum atomic E-state index is -1.11. The van der Waals surface area contributed by atoms with Crippen LogP contribution in [0, 0.1) is 11.3 Å². The fourth-order valence-electron chi connectivity index (χ4n) is 1.50. The summed E-state index contributed by atoms with van der Waals surface area (Å²) in [5.41, 5.74) is -1.11. The van der Waals surface area contributed by atoms with E-state index in [1.165, 1.54) is 6.92 Å². The van der Waals surface area contributed by atoms with Crippen molar-refractivity contribution in [1.82, 2.24) is 0 Å². The lowest BCUT2D eigenvalue weighted by Crippen LogP contribution is -2.36. The number of rotatable bonds is 1. The van der Waals surface area contributed by atoms with Crippen LogP contribution in [0.3, 0.4) is 0 Å². The first kappa shape index (κ1) is 8.24. The quantitative estimate of drug-likeness (QED) is 0.578. The Balaban J connectivity index is 2.98. The average molecular weight is 156 g/mol. The molecule has 0 aromatic heterocycles. The molecular formula is C8H12O3. The number of aliphatic carboxylic acids is 1. The second-order valence-electron chi connectivity index (χ2n) is 3.37. The maximum absolute atomic E-state index is 11.2. The molecule has 0 aromatic rings. The Hall–Kier alpha value is -0.860. The van der Waals surface area contributed by atoms with Gasteiger partial charge in [-0.1, -0.05) is 6.92 Å². The lowest BCUT2D eigenvalue weighted by molar-refractivity contribution is -0.154. The van der Waals surface area contributed by atoms with Crippen molar-refractivity contribution in [3.05, 3.63) is 0 Å². The fraction of sp³-hybridized carbons (Fsp3) is 0.750. The topological polar surface area (TPSA) is 54.4 Å². The maximum atomic E-state index is 11.2. The molecule has 1 N–H and O–H groups in total. The molecule has 0 heterocycles. The van der Waals surface area contributed by atoms with Gasteiger partial charge in [0.1, 0.15) is 11.2 Å². The molecule has 0 spiro atoms. The van der Waals surface area contributed by atoms with Crippen LogP contribution in [0.2, 0.25) is 0 Å². The molecule has 1 aliphatic carbocycles. The number of ketones is 1. The molecule has 0 bridgehead atoms. The van der Waals surface area contributed by atoms with Crippen molar-refractivity contribution in [3.8, 4) is 0 Å². The molecule has 0 saturated heterocycles. The van der Waals surface area contributed by atoms with E-state index in [0.717, 1.165) is 0 Å². The SMILES string of the molecule is CC1CCC(=O)C1(C)C(=O)O. The summed E-state index contributed by atoms with van der Waals surface area (Å²) in [4.78, 5) is 21.9. The summed E-state index contributed by atoms with van der Waals surface area (Å²) in [6, 6.07) is 0. The van der Waals surface area contributed by atoms with E-state index in [9.17, 15) is 9.59 Å². The molecule has 2 atom stereocenters. The van der Waals surface area contributed by atoms with Gasteiger partial charge in [0.05, 0.1) is 0 Å². The van der Waals surface area contributed by atoms with Crippen LogP contribution in [-0.2, 0) is 9.59 Å². The second-order valence-corrected chi connectivity index (χ2v) is 3.37. The van der Waals surface area contributed by atoms with Gasteiger partial charge < -0.3 is 5.11 Å². The fourth-order valence-corrected chi connectivity index (χ4v) is 1.50. The van der Waals surface area contributed by atoms with Gasteiger partial charge in [-0.05, 0) is 19.3 Å². The van der Waals surface area contributed by atoms with E-state index < -0.39 is 11.4 Å². The molecule has 2 unspecified atom stereocenters. The standard InChI is InChI=1S/C8H12O3/c1-5-3-4-6(9)8(5,2)7(10)11/h5H,3-4H2,1-2H3,(H,10,11). The third-order valence-electron chi connectivity index (χ3n) is 2.81. The summed E-state index contributed by atoms with van der Waals surface area (Å²) in [6.07, 6.45) is 1.13. The largest absolute Gasteiger partial charge is 0.480 e. The van der Waals surface area contributed by atoms with Crippen molar-refractivity contribution in [2.24, 2.45) is 11.3 Å². The number of hydrogen-bond donors (Lipinski definition) is 1. The first-order valence-electron chi connectivity index (χ1n) is 3.76. The smallest absolute Gasteiger partial charge is 0.317 e. The highest BCUT2D eigenvalue weighted by Crippen LogP contribution is 2.39. The monoisotopic (exact) mass is 156 g/mol. The summed E-state index contributed by atoms with van der Waals surface area (Å²) in [5, 5.41) is 8.79. The average Bonchev–Trinajstić information content (AvgIpc) is 2.18. The van der Waals surface area contributed by atoms with Crippen molar-refractivity contribution in [2.45, 2.75) is 26.7 Å². The van der Waals surface area contributed by atoms with Gasteiger partial charge in [0.15, 0.2) is 0 Å². The molecule has 0 aliphatic heterocycles. The molecule has 62 valence electrons. The summed E-state index contributed by atoms with van der Waals surface area (Å²) < 4.78 is 0. The van der Waals surface area contributed by atoms with E-state index in [0.29, 0.717) is 12.8 Å². The molecule has 1 aliphatic rings. The number of carbonyl (C=O) groups is 2. The zero-order chi connectivity index (χ0) is 8.65. The Morgan fingerprint density at radius 3 is 2.45 bits per heavy atom. The van der Waals surface area contributed by atoms with Crippen LogP contribution < -0.4 is 0 Å². The lowest BCUT2D eigenvalue weighted by atomic mass is 9.80. The normalized spacial score (nSPS) is 37.6. The number of carboxylic acids is 1. The van der Waals surface area contributed by atoms with Crippen LogP contribution in [0.5, 0.6) is 0 Å². The Kier molecular flexibility index (Phi) is 1.74. The Morgan fingerprint density at radius 2 is 2.27 bits per heavy atom.